The van der Waals surface area contributed by atoms with Crippen LogP contribution in [0.2, 0.25) is 10.0 Å². The first-order chi connectivity index (χ1) is 15.2. The number of hydrogen-bond acceptors (Lipinski definition) is 3. The summed E-state index contributed by atoms with van der Waals surface area (Å²) in [5, 5.41) is 0.591. The van der Waals surface area contributed by atoms with Crippen molar-refractivity contribution in [2.24, 2.45) is 0 Å². The Kier molecular flexibility index (Phi) is 5.83. The maximum Gasteiger partial charge on any atom is 0.231 e. The minimum absolute atomic E-state index is 0.0301. The number of carbonyl (C=O) groups excluding carboxylic acids is 1. The van der Waals surface area contributed by atoms with Crippen LogP contribution in [0.4, 0.5) is 22.0 Å². The Labute approximate surface area is 187 Å². The molecule has 0 N–H and O–H groups in total. The molecule has 1 aliphatic heterocycles. The topological polar surface area (TPSA) is 35.5 Å². The van der Waals surface area contributed by atoms with Gasteiger partial charge in [-0.15, -0.1) is 0 Å². The molecule has 0 spiro atoms. The van der Waals surface area contributed by atoms with Crippen LogP contribution in [0.1, 0.15) is 21.5 Å². The van der Waals surface area contributed by atoms with Gasteiger partial charge in [0.1, 0.15) is 18.1 Å². The summed E-state index contributed by atoms with van der Waals surface area (Å²) in [7, 11) is 0. The monoisotopic (exact) mass is 486 g/mol. The van der Waals surface area contributed by atoms with Crippen molar-refractivity contribution in [1.29, 1.82) is 0 Å². The molecular weight excluding hydrogens is 478 g/mol. The summed E-state index contributed by atoms with van der Waals surface area (Å²) in [5.41, 5.74) is -0.592. The van der Waals surface area contributed by atoms with E-state index in [1.165, 1.54) is 24.3 Å². The predicted octanol–water partition coefficient (Wildman–Crippen LogP) is 6.88. The summed E-state index contributed by atoms with van der Waals surface area (Å²) in [6, 6.07) is 8.66. The fourth-order valence-corrected chi connectivity index (χ4v) is 3.48. The number of hydrogen-bond donors (Lipinski definition) is 0. The summed E-state index contributed by atoms with van der Waals surface area (Å²) in [6.45, 7) is -0.948. The molecule has 0 bridgehead atoms. The number of carbonyl (C=O) groups is 1. The van der Waals surface area contributed by atoms with Crippen LogP contribution in [0.5, 0.6) is 11.5 Å². The molecule has 0 radical (unpaired) electrons. The zero-order valence-electron chi connectivity index (χ0n) is 15.6. The van der Waals surface area contributed by atoms with Crippen molar-refractivity contribution >= 4 is 35.1 Å². The summed E-state index contributed by atoms with van der Waals surface area (Å²) < 4.78 is 78.1. The molecular formula is C22H9Cl2F5O3. The molecule has 32 heavy (non-hydrogen) atoms. The Bertz CT molecular complexity index is 1260. The van der Waals surface area contributed by atoms with Gasteiger partial charge in [-0.05, 0) is 30.3 Å². The van der Waals surface area contributed by atoms with Gasteiger partial charge in [0, 0.05) is 21.7 Å². The molecule has 10 heteroatoms. The van der Waals surface area contributed by atoms with Gasteiger partial charge in [0.15, 0.2) is 29.0 Å². The zero-order valence-corrected chi connectivity index (χ0v) is 17.1. The molecule has 3 nitrogen and oxygen atoms in total. The van der Waals surface area contributed by atoms with Crippen LogP contribution >= 0.6 is 23.2 Å². The van der Waals surface area contributed by atoms with Gasteiger partial charge in [0.25, 0.3) is 0 Å². The van der Waals surface area contributed by atoms with Crippen molar-refractivity contribution in [3.05, 3.63) is 98.0 Å². The van der Waals surface area contributed by atoms with Crippen molar-refractivity contribution in [3.8, 4) is 11.5 Å². The van der Waals surface area contributed by atoms with Crippen LogP contribution in [0, 0.1) is 29.1 Å². The molecule has 4 rings (SSSR count). The first-order valence-electron chi connectivity index (χ1n) is 8.84. The fraction of sp³-hybridized carbons (Fsp3) is 0.0455. The molecule has 0 atom stereocenters. The van der Waals surface area contributed by atoms with Crippen LogP contribution in [-0.4, -0.2) is 5.78 Å². The highest BCUT2D eigenvalue weighted by Crippen LogP contribution is 2.37. The van der Waals surface area contributed by atoms with E-state index in [-0.39, 0.29) is 22.8 Å². The number of ketones is 1. The molecule has 1 aliphatic rings. The Hall–Kier alpha value is -3.10. The van der Waals surface area contributed by atoms with Gasteiger partial charge >= 0.3 is 0 Å². The molecule has 0 amide bonds. The number of Topliss-reactive ketones (excluding diaryl/α,β-unsaturated/α-hetero) is 1. The number of halogens is 7. The van der Waals surface area contributed by atoms with E-state index < -0.39 is 47.0 Å². The highest BCUT2D eigenvalue weighted by Gasteiger charge is 2.29. The van der Waals surface area contributed by atoms with Crippen molar-refractivity contribution in [1.82, 2.24) is 0 Å². The second-order valence-electron chi connectivity index (χ2n) is 6.57. The van der Waals surface area contributed by atoms with E-state index >= 15 is 0 Å². The van der Waals surface area contributed by atoms with E-state index in [2.05, 4.69) is 0 Å². The predicted molar refractivity (Wildman–Crippen MR) is 106 cm³/mol. The quantitative estimate of drug-likeness (QED) is 0.174. The lowest BCUT2D eigenvalue weighted by atomic mass is 10.1. The van der Waals surface area contributed by atoms with Gasteiger partial charge in [-0.1, -0.05) is 29.3 Å². The minimum atomic E-state index is -2.26. The van der Waals surface area contributed by atoms with Gasteiger partial charge < -0.3 is 9.47 Å². The molecule has 0 aromatic heterocycles. The maximum atomic E-state index is 13.8. The van der Waals surface area contributed by atoms with Crippen LogP contribution in [-0.2, 0) is 6.61 Å². The molecule has 0 fully saturated rings. The van der Waals surface area contributed by atoms with Gasteiger partial charge in [-0.25, -0.2) is 22.0 Å². The third kappa shape index (κ3) is 3.80. The maximum absolute atomic E-state index is 13.8. The van der Waals surface area contributed by atoms with Crippen LogP contribution in [0.3, 0.4) is 0 Å². The van der Waals surface area contributed by atoms with E-state index in [1.807, 2.05) is 0 Å². The average molecular weight is 487 g/mol. The first-order valence-corrected chi connectivity index (χ1v) is 9.60. The van der Waals surface area contributed by atoms with E-state index in [1.54, 1.807) is 18.2 Å². The number of benzene rings is 3. The van der Waals surface area contributed by atoms with Crippen LogP contribution in [0.25, 0.3) is 6.08 Å². The second kappa shape index (κ2) is 8.44. The largest absolute Gasteiger partial charge is 0.489 e. The molecule has 0 unspecified atom stereocenters. The van der Waals surface area contributed by atoms with Gasteiger partial charge in [0.05, 0.1) is 11.1 Å². The lowest BCUT2D eigenvalue weighted by Gasteiger charge is -2.10. The fourth-order valence-electron chi connectivity index (χ4n) is 2.97. The lowest BCUT2D eigenvalue weighted by Crippen LogP contribution is -2.09. The Morgan fingerprint density at radius 1 is 0.875 bits per heavy atom. The number of fused-ring (bicyclic) bond motifs is 1. The standard InChI is InChI=1S/C22H9Cl2F5O3/c23-13-2-1-3-14(24)11(13)7-16-22(30)10-5-4-9(6-15(10)32-16)31-8-12-17(25)19(27)21(29)20(28)18(12)26/h1-7H,8H2. The van der Waals surface area contributed by atoms with Crippen LogP contribution in [0.15, 0.2) is 42.2 Å². The van der Waals surface area contributed by atoms with E-state index in [0.29, 0.717) is 15.6 Å². The zero-order chi connectivity index (χ0) is 23.2. The molecule has 164 valence electrons. The molecule has 0 saturated carbocycles. The van der Waals surface area contributed by atoms with Gasteiger partial charge in [-0.3, -0.25) is 4.79 Å². The van der Waals surface area contributed by atoms with E-state index in [9.17, 15) is 26.7 Å². The summed E-state index contributed by atoms with van der Waals surface area (Å²) >= 11 is 12.2. The van der Waals surface area contributed by atoms with E-state index in [4.69, 9.17) is 32.7 Å². The number of allylic oxidation sites excluding steroid dienone is 1. The summed E-state index contributed by atoms with van der Waals surface area (Å²) in [5.74, 6) is -10.9. The first kappa shape index (κ1) is 22.1. The van der Waals surface area contributed by atoms with Crippen LogP contribution < -0.4 is 9.47 Å². The lowest BCUT2D eigenvalue weighted by molar-refractivity contribution is 0.101. The number of ether oxygens (including phenoxy) is 2. The molecule has 1 heterocycles. The smallest absolute Gasteiger partial charge is 0.231 e. The number of rotatable bonds is 4. The second-order valence-corrected chi connectivity index (χ2v) is 7.38. The average Bonchev–Trinajstić information content (AvgIpc) is 3.08. The third-order valence-corrected chi connectivity index (χ3v) is 5.26. The highest BCUT2D eigenvalue weighted by molar-refractivity contribution is 6.37. The third-order valence-electron chi connectivity index (χ3n) is 4.60. The Morgan fingerprint density at radius 2 is 1.47 bits per heavy atom. The van der Waals surface area contributed by atoms with Gasteiger partial charge in [-0.2, -0.15) is 0 Å². The van der Waals surface area contributed by atoms with Crippen molar-refractivity contribution in [3.63, 3.8) is 0 Å². The highest BCUT2D eigenvalue weighted by atomic mass is 35.5. The molecule has 0 saturated heterocycles. The minimum Gasteiger partial charge on any atom is -0.489 e. The Morgan fingerprint density at radius 3 is 2.09 bits per heavy atom. The van der Waals surface area contributed by atoms with Crippen molar-refractivity contribution < 1.29 is 36.2 Å². The molecule has 3 aromatic carbocycles. The molecule has 0 aliphatic carbocycles. The summed E-state index contributed by atoms with van der Waals surface area (Å²) in [4.78, 5) is 12.6. The van der Waals surface area contributed by atoms with Gasteiger partial charge in [0.2, 0.25) is 11.6 Å². The molecule has 3 aromatic rings. The summed E-state index contributed by atoms with van der Waals surface area (Å²) in [6.07, 6.45) is 1.36. The Balaban J connectivity index is 1.59. The van der Waals surface area contributed by atoms with Crippen molar-refractivity contribution in [2.45, 2.75) is 6.61 Å². The normalized spacial score (nSPS) is 14.0. The SMILES string of the molecule is O=C1C(=Cc2c(Cl)cccc2Cl)Oc2cc(OCc3c(F)c(F)c(F)c(F)c3F)ccc21. The van der Waals surface area contributed by atoms with Crippen molar-refractivity contribution in [2.75, 3.05) is 0 Å². The van der Waals surface area contributed by atoms with E-state index in [0.717, 1.165) is 0 Å².